The molecule has 1 aromatic carbocycles. The fourth-order valence-electron chi connectivity index (χ4n) is 2.02. The molecule has 0 heterocycles. The summed E-state index contributed by atoms with van der Waals surface area (Å²) in [5.41, 5.74) is 6.58. The van der Waals surface area contributed by atoms with Crippen molar-refractivity contribution >= 4 is 5.91 Å². The van der Waals surface area contributed by atoms with Gasteiger partial charge >= 0.3 is 0 Å². The van der Waals surface area contributed by atoms with Crippen LogP contribution in [0.4, 0.5) is 0 Å². The molecule has 1 aromatic rings. The van der Waals surface area contributed by atoms with Crippen molar-refractivity contribution in [1.82, 2.24) is 0 Å². The van der Waals surface area contributed by atoms with Crippen molar-refractivity contribution in [3.05, 3.63) is 35.4 Å². The molecular formula is C15H23NO2. The lowest BCUT2D eigenvalue weighted by atomic mass is 9.78. The number of nitrogens with two attached hydrogens (primary N) is 1. The Hall–Kier alpha value is -1.35. The quantitative estimate of drug-likeness (QED) is 0.814. The van der Waals surface area contributed by atoms with Gasteiger partial charge in [-0.1, -0.05) is 45.7 Å². The molecule has 0 aliphatic heterocycles. The van der Waals surface area contributed by atoms with Crippen LogP contribution in [-0.2, 0) is 0 Å². The zero-order valence-corrected chi connectivity index (χ0v) is 11.4. The fourth-order valence-corrected chi connectivity index (χ4v) is 2.02. The minimum Gasteiger partial charge on any atom is -0.388 e. The molecule has 1 atom stereocenters. The average Bonchev–Trinajstić information content (AvgIpc) is 2.38. The van der Waals surface area contributed by atoms with Crippen molar-refractivity contribution in [2.45, 2.75) is 46.1 Å². The van der Waals surface area contributed by atoms with Crippen LogP contribution < -0.4 is 5.73 Å². The summed E-state index contributed by atoms with van der Waals surface area (Å²) in [6, 6.07) is 6.94. The first-order chi connectivity index (χ1) is 8.41. The SMILES string of the molecule is CCC(C)(CC)CC(O)c1cccc(C(N)=O)c1. The summed E-state index contributed by atoms with van der Waals surface area (Å²) in [6.45, 7) is 6.44. The first kappa shape index (κ1) is 14.7. The summed E-state index contributed by atoms with van der Waals surface area (Å²) in [7, 11) is 0. The second-order valence-corrected chi connectivity index (χ2v) is 5.23. The second-order valence-electron chi connectivity index (χ2n) is 5.23. The Morgan fingerprint density at radius 1 is 1.39 bits per heavy atom. The summed E-state index contributed by atoms with van der Waals surface area (Å²) in [5.74, 6) is -0.460. The third kappa shape index (κ3) is 3.57. The van der Waals surface area contributed by atoms with Crippen LogP contribution >= 0.6 is 0 Å². The number of aliphatic hydroxyl groups excluding tert-OH is 1. The second kappa shape index (κ2) is 6.01. The summed E-state index contributed by atoms with van der Waals surface area (Å²) < 4.78 is 0. The molecule has 0 aliphatic rings. The number of amides is 1. The molecule has 0 spiro atoms. The topological polar surface area (TPSA) is 63.3 Å². The number of carbonyl (C=O) groups excluding carboxylic acids is 1. The van der Waals surface area contributed by atoms with E-state index in [-0.39, 0.29) is 5.41 Å². The van der Waals surface area contributed by atoms with Crippen LogP contribution in [0.15, 0.2) is 24.3 Å². The van der Waals surface area contributed by atoms with Crippen molar-refractivity contribution < 1.29 is 9.90 Å². The molecular weight excluding hydrogens is 226 g/mol. The number of primary amides is 1. The number of rotatable bonds is 6. The first-order valence-electron chi connectivity index (χ1n) is 6.49. The van der Waals surface area contributed by atoms with E-state index < -0.39 is 12.0 Å². The van der Waals surface area contributed by atoms with E-state index in [9.17, 15) is 9.90 Å². The Morgan fingerprint density at radius 2 is 2.00 bits per heavy atom. The third-order valence-electron chi connectivity index (χ3n) is 3.95. The Bertz CT molecular complexity index is 411. The van der Waals surface area contributed by atoms with Gasteiger partial charge in [0.25, 0.3) is 0 Å². The van der Waals surface area contributed by atoms with Crippen molar-refractivity contribution in [3.63, 3.8) is 0 Å². The van der Waals surface area contributed by atoms with Gasteiger partial charge in [0.2, 0.25) is 5.91 Å². The van der Waals surface area contributed by atoms with Crippen LogP contribution in [-0.4, -0.2) is 11.0 Å². The Labute approximate surface area is 109 Å². The fraction of sp³-hybridized carbons (Fsp3) is 0.533. The van der Waals surface area contributed by atoms with Gasteiger partial charge in [-0.2, -0.15) is 0 Å². The molecule has 0 saturated heterocycles. The van der Waals surface area contributed by atoms with Gasteiger partial charge in [-0.25, -0.2) is 0 Å². The summed E-state index contributed by atoms with van der Waals surface area (Å²) in [4.78, 5) is 11.1. The van der Waals surface area contributed by atoms with Gasteiger partial charge in [0.15, 0.2) is 0 Å². The molecule has 100 valence electrons. The maximum Gasteiger partial charge on any atom is 0.248 e. The van der Waals surface area contributed by atoms with Gasteiger partial charge in [-0.05, 0) is 29.5 Å². The Balaban J connectivity index is 2.87. The lowest BCUT2D eigenvalue weighted by Crippen LogP contribution is -2.18. The molecule has 3 heteroatoms. The van der Waals surface area contributed by atoms with Crippen LogP contribution in [0.2, 0.25) is 0 Å². The zero-order chi connectivity index (χ0) is 13.8. The smallest absolute Gasteiger partial charge is 0.248 e. The van der Waals surface area contributed by atoms with Gasteiger partial charge in [0, 0.05) is 5.56 Å². The van der Waals surface area contributed by atoms with Crippen molar-refractivity contribution in [2.24, 2.45) is 11.1 Å². The number of carbonyl (C=O) groups is 1. The lowest BCUT2D eigenvalue weighted by Gasteiger charge is -2.29. The average molecular weight is 249 g/mol. The van der Waals surface area contributed by atoms with E-state index in [1.807, 2.05) is 6.07 Å². The number of hydrogen-bond acceptors (Lipinski definition) is 2. The highest BCUT2D eigenvalue weighted by Crippen LogP contribution is 2.36. The molecule has 0 aliphatic carbocycles. The standard InChI is InChI=1S/C15H23NO2/c1-4-15(3,5-2)10-13(17)11-7-6-8-12(9-11)14(16)18/h6-9,13,17H,4-5,10H2,1-3H3,(H2,16,18). The normalized spacial score (nSPS) is 13.3. The van der Waals surface area contributed by atoms with Crippen LogP contribution in [0.1, 0.15) is 62.1 Å². The van der Waals surface area contributed by atoms with Gasteiger partial charge < -0.3 is 10.8 Å². The van der Waals surface area contributed by atoms with E-state index >= 15 is 0 Å². The van der Waals surface area contributed by atoms with Gasteiger partial charge in [0.05, 0.1) is 6.10 Å². The number of benzene rings is 1. The highest BCUT2D eigenvalue weighted by Gasteiger charge is 2.24. The van der Waals surface area contributed by atoms with Gasteiger partial charge in [-0.3, -0.25) is 4.79 Å². The number of hydrogen-bond donors (Lipinski definition) is 2. The maximum absolute atomic E-state index is 11.1. The van der Waals surface area contributed by atoms with E-state index in [1.165, 1.54) is 0 Å². The van der Waals surface area contributed by atoms with Crippen molar-refractivity contribution in [3.8, 4) is 0 Å². The highest BCUT2D eigenvalue weighted by atomic mass is 16.3. The zero-order valence-electron chi connectivity index (χ0n) is 11.4. The highest BCUT2D eigenvalue weighted by molar-refractivity contribution is 5.92. The maximum atomic E-state index is 11.1. The van der Waals surface area contributed by atoms with Crippen LogP contribution in [0, 0.1) is 5.41 Å². The molecule has 1 amide bonds. The molecule has 0 aromatic heterocycles. The van der Waals surface area contributed by atoms with E-state index in [2.05, 4.69) is 20.8 Å². The summed E-state index contributed by atoms with van der Waals surface area (Å²) in [6.07, 6.45) is 2.20. The molecule has 0 saturated carbocycles. The van der Waals surface area contributed by atoms with Crippen molar-refractivity contribution in [1.29, 1.82) is 0 Å². The van der Waals surface area contributed by atoms with Crippen molar-refractivity contribution in [2.75, 3.05) is 0 Å². The molecule has 1 rings (SSSR count). The predicted octanol–water partition coefficient (Wildman–Crippen LogP) is 3.04. The third-order valence-corrected chi connectivity index (χ3v) is 3.95. The molecule has 1 unspecified atom stereocenters. The molecule has 0 radical (unpaired) electrons. The lowest BCUT2D eigenvalue weighted by molar-refractivity contribution is 0.0989. The van der Waals surface area contributed by atoms with Gasteiger partial charge in [0.1, 0.15) is 0 Å². The monoisotopic (exact) mass is 249 g/mol. The molecule has 18 heavy (non-hydrogen) atoms. The minimum absolute atomic E-state index is 0.127. The van der Waals surface area contributed by atoms with Crippen LogP contribution in [0.3, 0.4) is 0 Å². The van der Waals surface area contributed by atoms with E-state index in [1.54, 1.807) is 18.2 Å². The minimum atomic E-state index is -0.547. The first-order valence-corrected chi connectivity index (χ1v) is 6.49. The largest absolute Gasteiger partial charge is 0.388 e. The van der Waals surface area contributed by atoms with E-state index in [0.29, 0.717) is 12.0 Å². The molecule has 0 bridgehead atoms. The van der Waals surface area contributed by atoms with E-state index in [4.69, 9.17) is 5.73 Å². The molecule has 3 nitrogen and oxygen atoms in total. The van der Waals surface area contributed by atoms with E-state index in [0.717, 1.165) is 18.4 Å². The number of aliphatic hydroxyl groups is 1. The van der Waals surface area contributed by atoms with Crippen LogP contribution in [0.25, 0.3) is 0 Å². The van der Waals surface area contributed by atoms with Gasteiger partial charge in [-0.15, -0.1) is 0 Å². The summed E-state index contributed by atoms with van der Waals surface area (Å²) >= 11 is 0. The molecule has 3 N–H and O–H groups in total. The molecule has 0 fully saturated rings. The van der Waals surface area contributed by atoms with Crippen LogP contribution in [0.5, 0.6) is 0 Å². The Morgan fingerprint density at radius 3 is 2.50 bits per heavy atom. The summed E-state index contributed by atoms with van der Waals surface area (Å²) in [5, 5.41) is 10.3. The predicted molar refractivity (Wildman–Crippen MR) is 73.2 cm³/mol. The Kier molecular flexibility index (Phi) is 4.91.